The summed E-state index contributed by atoms with van der Waals surface area (Å²) < 4.78 is 30.9. The normalized spacial score (nSPS) is 11.4. The molecule has 0 amide bonds. The SMILES string of the molecule is CCc1ccc(-c2cc(C)n(S(=O)(=O)Oc3ccccc3)n2)cc1. The quantitative estimate of drug-likeness (QED) is 0.711. The highest BCUT2D eigenvalue weighted by Gasteiger charge is 2.21. The second kappa shape index (κ2) is 6.49. The molecule has 0 saturated heterocycles. The van der Waals surface area contributed by atoms with E-state index in [1.54, 1.807) is 43.3 Å². The molecular formula is C18H18N2O3S. The predicted molar refractivity (Wildman–Crippen MR) is 93.2 cm³/mol. The van der Waals surface area contributed by atoms with Crippen LogP contribution in [0.3, 0.4) is 0 Å². The van der Waals surface area contributed by atoms with Crippen molar-refractivity contribution in [3.05, 3.63) is 71.9 Å². The first-order valence-corrected chi connectivity index (χ1v) is 9.02. The molecule has 0 unspecified atom stereocenters. The van der Waals surface area contributed by atoms with Gasteiger partial charge in [0.15, 0.2) is 0 Å². The van der Waals surface area contributed by atoms with Crippen LogP contribution < -0.4 is 4.18 Å². The minimum Gasteiger partial charge on any atom is -0.366 e. The summed E-state index contributed by atoms with van der Waals surface area (Å²) >= 11 is 0. The van der Waals surface area contributed by atoms with Crippen LogP contribution in [0.2, 0.25) is 0 Å². The molecule has 0 bridgehead atoms. The topological polar surface area (TPSA) is 61.2 Å². The van der Waals surface area contributed by atoms with Crippen molar-refractivity contribution in [2.24, 2.45) is 0 Å². The van der Waals surface area contributed by atoms with Crippen molar-refractivity contribution in [2.45, 2.75) is 20.3 Å². The number of hydrogen-bond donors (Lipinski definition) is 0. The van der Waals surface area contributed by atoms with Crippen LogP contribution in [-0.4, -0.2) is 17.6 Å². The lowest BCUT2D eigenvalue weighted by Gasteiger charge is -2.07. The highest BCUT2D eigenvalue weighted by atomic mass is 32.2. The Labute approximate surface area is 141 Å². The van der Waals surface area contributed by atoms with Gasteiger partial charge in [0.2, 0.25) is 0 Å². The van der Waals surface area contributed by atoms with E-state index >= 15 is 0 Å². The molecule has 2 aromatic carbocycles. The maximum atomic E-state index is 12.4. The average molecular weight is 342 g/mol. The molecule has 3 rings (SSSR count). The van der Waals surface area contributed by atoms with Gasteiger partial charge in [0.05, 0.1) is 11.4 Å². The zero-order valence-electron chi connectivity index (χ0n) is 13.5. The first kappa shape index (κ1) is 16.3. The first-order valence-electron chi connectivity index (χ1n) is 7.65. The smallest absolute Gasteiger partial charge is 0.366 e. The van der Waals surface area contributed by atoms with Crippen LogP contribution in [0.5, 0.6) is 5.75 Å². The van der Waals surface area contributed by atoms with Crippen LogP contribution in [0.15, 0.2) is 60.7 Å². The molecule has 124 valence electrons. The third-order valence-electron chi connectivity index (χ3n) is 3.66. The Morgan fingerprint density at radius 3 is 2.33 bits per heavy atom. The molecule has 0 spiro atoms. The Bertz CT molecular complexity index is 930. The monoisotopic (exact) mass is 342 g/mol. The number of benzene rings is 2. The van der Waals surface area contributed by atoms with Gasteiger partial charge in [0.1, 0.15) is 5.75 Å². The van der Waals surface area contributed by atoms with E-state index in [0.717, 1.165) is 16.1 Å². The molecule has 1 heterocycles. The van der Waals surface area contributed by atoms with Gasteiger partial charge >= 0.3 is 10.3 Å². The molecule has 0 aliphatic heterocycles. The summed E-state index contributed by atoms with van der Waals surface area (Å²) in [5.41, 5.74) is 3.16. The molecule has 0 saturated carbocycles. The highest BCUT2D eigenvalue weighted by molar-refractivity contribution is 7.85. The molecule has 1 aromatic heterocycles. The lowest BCUT2D eigenvalue weighted by molar-refractivity contribution is 0.468. The van der Waals surface area contributed by atoms with Gasteiger partial charge in [-0.15, -0.1) is 4.09 Å². The van der Waals surface area contributed by atoms with E-state index in [1.807, 2.05) is 24.3 Å². The zero-order chi connectivity index (χ0) is 17.2. The van der Waals surface area contributed by atoms with E-state index in [4.69, 9.17) is 4.18 Å². The van der Waals surface area contributed by atoms with Gasteiger partial charge in [-0.1, -0.05) is 49.4 Å². The third-order valence-corrected chi connectivity index (χ3v) is 4.86. The van der Waals surface area contributed by atoms with E-state index in [-0.39, 0.29) is 5.75 Å². The fourth-order valence-electron chi connectivity index (χ4n) is 2.37. The van der Waals surface area contributed by atoms with Gasteiger partial charge in [-0.3, -0.25) is 0 Å². The van der Waals surface area contributed by atoms with Crippen LogP contribution in [0.25, 0.3) is 11.3 Å². The van der Waals surface area contributed by atoms with Crippen LogP contribution in [0.4, 0.5) is 0 Å². The average Bonchev–Trinajstić information content (AvgIpc) is 2.98. The number of para-hydroxylation sites is 1. The van der Waals surface area contributed by atoms with Crippen LogP contribution in [0, 0.1) is 6.92 Å². The summed E-state index contributed by atoms with van der Waals surface area (Å²) in [6.45, 7) is 3.77. The molecule has 0 aliphatic rings. The van der Waals surface area contributed by atoms with Crippen molar-refractivity contribution in [3.8, 4) is 17.0 Å². The van der Waals surface area contributed by atoms with Gasteiger partial charge < -0.3 is 4.18 Å². The fourth-order valence-corrected chi connectivity index (χ4v) is 3.39. The van der Waals surface area contributed by atoms with Gasteiger partial charge in [0, 0.05) is 5.56 Å². The highest BCUT2D eigenvalue weighted by Crippen LogP contribution is 2.22. The van der Waals surface area contributed by atoms with Crippen molar-refractivity contribution in [1.82, 2.24) is 9.19 Å². The minimum absolute atomic E-state index is 0.251. The Morgan fingerprint density at radius 1 is 1.04 bits per heavy atom. The summed E-state index contributed by atoms with van der Waals surface area (Å²) in [5, 5.41) is 4.21. The molecule has 0 atom stereocenters. The Hall–Kier alpha value is -2.60. The van der Waals surface area contributed by atoms with Crippen molar-refractivity contribution >= 4 is 10.3 Å². The molecule has 0 N–H and O–H groups in total. The predicted octanol–water partition coefficient (Wildman–Crippen LogP) is 3.59. The number of hydrogen-bond acceptors (Lipinski definition) is 4. The van der Waals surface area contributed by atoms with Crippen LogP contribution >= 0.6 is 0 Å². The molecular weight excluding hydrogens is 324 g/mol. The van der Waals surface area contributed by atoms with E-state index in [9.17, 15) is 8.42 Å². The Kier molecular flexibility index (Phi) is 4.40. The van der Waals surface area contributed by atoms with Gasteiger partial charge in [-0.05, 0) is 37.1 Å². The maximum Gasteiger partial charge on any atom is 0.429 e. The largest absolute Gasteiger partial charge is 0.429 e. The van der Waals surface area contributed by atoms with Gasteiger partial charge in [0.25, 0.3) is 0 Å². The maximum absolute atomic E-state index is 12.4. The first-order chi connectivity index (χ1) is 11.5. The summed E-state index contributed by atoms with van der Waals surface area (Å²) in [6.07, 6.45) is 0.951. The summed E-state index contributed by atoms with van der Waals surface area (Å²) in [4.78, 5) is 0. The number of rotatable bonds is 5. The summed E-state index contributed by atoms with van der Waals surface area (Å²) in [5.74, 6) is 0.251. The van der Waals surface area contributed by atoms with Gasteiger partial charge in [-0.2, -0.15) is 13.5 Å². The minimum atomic E-state index is -4.04. The number of nitrogens with zero attached hydrogens (tertiary/aromatic N) is 2. The van der Waals surface area contributed by atoms with E-state index < -0.39 is 10.3 Å². The number of aromatic nitrogens is 2. The number of aryl methyl sites for hydroxylation is 2. The standard InChI is InChI=1S/C18H18N2O3S/c1-3-15-9-11-16(12-10-15)18-13-14(2)20(19-18)24(21,22)23-17-7-5-4-6-8-17/h4-13H,3H2,1-2H3. The molecule has 5 nitrogen and oxygen atoms in total. The lowest BCUT2D eigenvalue weighted by atomic mass is 10.1. The van der Waals surface area contributed by atoms with Gasteiger partial charge in [-0.25, -0.2) is 0 Å². The second-order valence-corrected chi connectivity index (χ2v) is 6.79. The summed E-state index contributed by atoms with van der Waals surface area (Å²) in [7, 11) is -4.04. The third kappa shape index (κ3) is 3.33. The Balaban J connectivity index is 1.93. The van der Waals surface area contributed by atoms with Crippen molar-refractivity contribution in [2.75, 3.05) is 0 Å². The van der Waals surface area contributed by atoms with Crippen LogP contribution in [-0.2, 0) is 16.7 Å². The van der Waals surface area contributed by atoms with E-state index in [0.29, 0.717) is 11.4 Å². The molecule has 6 heteroatoms. The summed E-state index contributed by atoms with van der Waals surface area (Å²) in [6, 6.07) is 18.0. The second-order valence-electron chi connectivity index (χ2n) is 5.42. The Morgan fingerprint density at radius 2 is 1.71 bits per heavy atom. The molecule has 0 fully saturated rings. The molecule has 24 heavy (non-hydrogen) atoms. The van der Waals surface area contributed by atoms with E-state index in [1.165, 1.54) is 5.56 Å². The lowest BCUT2D eigenvalue weighted by Crippen LogP contribution is -2.21. The van der Waals surface area contributed by atoms with Crippen molar-refractivity contribution in [3.63, 3.8) is 0 Å². The van der Waals surface area contributed by atoms with E-state index in [2.05, 4.69) is 12.0 Å². The van der Waals surface area contributed by atoms with Crippen molar-refractivity contribution < 1.29 is 12.6 Å². The van der Waals surface area contributed by atoms with Crippen LogP contribution in [0.1, 0.15) is 18.2 Å². The molecule has 0 aliphatic carbocycles. The molecule has 0 radical (unpaired) electrons. The molecule has 3 aromatic rings. The fraction of sp³-hybridized carbons (Fsp3) is 0.167. The zero-order valence-corrected chi connectivity index (χ0v) is 14.3. The van der Waals surface area contributed by atoms with Crippen molar-refractivity contribution in [1.29, 1.82) is 0 Å².